The van der Waals surface area contributed by atoms with Crippen LogP contribution in [0, 0.1) is 18.8 Å². The summed E-state index contributed by atoms with van der Waals surface area (Å²) in [6.45, 7) is 7.07. The lowest BCUT2D eigenvalue weighted by molar-refractivity contribution is 0.330. The monoisotopic (exact) mass is 284 g/mol. The van der Waals surface area contributed by atoms with E-state index in [0.717, 1.165) is 4.47 Å². The molecule has 2 nitrogen and oxygen atoms in total. The first-order chi connectivity index (χ1) is 7.47. The van der Waals surface area contributed by atoms with E-state index in [9.17, 15) is 0 Å². The van der Waals surface area contributed by atoms with Gasteiger partial charge in [0.2, 0.25) is 0 Å². The molecule has 1 rings (SSSR count). The van der Waals surface area contributed by atoms with Crippen molar-refractivity contribution >= 4 is 15.9 Å². The van der Waals surface area contributed by atoms with Gasteiger partial charge in [-0.2, -0.15) is 0 Å². The molecule has 0 saturated carbocycles. The van der Waals surface area contributed by atoms with Crippen molar-refractivity contribution in [2.24, 2.45) is 23.3 Å². The number of benzene rings is 1. The molecule has 90 valence electrons. The molecular formula is C13H21BrN2. The fraction of sp³-hybridized carbons (Fsp3) is 0.538. The first-order valence-electron chi connectivity index (χ1n) is 5.69. The molecule has 2 unspecified atom stereocenters. The normalized spacial score (nSPS) is 15.2. The number of halogens is 1. The average molecular weight is 285 g/mol. The van der Waals surface area contributed by atoms with Crippen molar-refractivity contribution in [3.63, 3.8) is 0 Å². The predicted octanol–water partition coefficient (Wildman–Crippen LogP) is 2.99. The topological polar surface area (TPSA) is 52.0 Å². The summed E-state index contributed by atoms with van der Waals surface area (Å²) in [5, 5.41) is 0. The standard InChI is InChI=1S/C13H21BrN2/c1-8(2)12(7-15)13(16)11-6-10(14)5-4-9(11)3/h4-6,8,12-13H,7,15-16H2,1-3H3. The van der Waals surface area contributed by atoms with Crippen molar-refractivity contribution in [2.45, 2.75) is 26.8 Å². The molecule has 4 N–H and O–H groups in total. The van der Waals surface area contributed by atoms with Crippen molar-refractivity contribution in [3.8, 4) is 0 Å². The Morgan fingerprint density at radius 2 is 1.94 bits per heavy atom. The smallest absolute Gasteiger partial charge is 0.0341 e. The van der Waals surface area contributed by atoms with E-state index in [4.69, 9.17) is 11.5 Å². The second kappa shape index (κ2) is 5.80. The van der Waals surface area contributed by atoms with Gasteiger partial charge in [0.25, 0.3) is 0 Å². The number of rotatable bonds is 4. The van der Waals surface area contributed by atoms with Crippen molar-refractivity contribution in [1.82, 2.24) is 0 Å². The summed E-state index contributed by atoms with van der Waals surface area (Å²) < 4.78 is 1.07. The van der Waals surface area contributed by atoms with E-state index in [-0.39, 0.29) is 6.04 Å². The molecule has 0 amide bonds. The van der Waals surface area contributed by atoms with E-state index >= 15 is 0 Å². The number of hydrogen-bond donors (Lipinski definition) is 2. The van der Waals surface area contributed by atoms with Gasteiger partial charge in [0.05, 0.1) is 0 Å². The molecule has 1 aromatic rings. The molecule has 1 aromatic carbocycles. The fourth-order valence-electron chi connectivity index (χ4n) is 2.03. The van der Waals surface area contributed by atoms with Crippen LogP contribution >= 0.6 is 15.9 Å². The minimum Gasteiger partial charge on any atom is -0.330 e. The Balaban J connectivity index is 3.02. The van der Waals surface area contributed by atoms with Gasteiger partial charge in [-0.1, -0.05) is 35.8 Å². The number of aryl methyl sites for hydroxylation is 1. The molecule has 3 heteroatoms. The van der Waals surface area contributed by atoms with Gasteiger partial charge in [0.15, 0.2) is 0 Å². The van der Waals surface area contributed by atoms with E-state index in [1.807, 2.05) is 6.07 Å². The Hall–Kier alpha value is -0.380. The third kappa shape index (κ3) is 3.06. The van der Waals surface area contributed by atoms with Crippen LogP contribution in [0.5, 0.6) is 0 Å². The summed E-state index contributed by atoms with van der Waals surface area (Å²) in [4.78, 5) is 0. The van der Waals surface area contributed by atoms with Gasteiger partial charge in [0, 0.05) is 10.5 Å². The second-order valence-electron chi connectivity index (χ2n) is 4.67. The summed E-state index contributed by atoms with van der Waals surface area (Å²) in [7, 11) is 0. The van der Waals surface area contributed by atoms with E-state index in [1.165, 1.54) is 11.1 Å². The molecule has 0 aliphatic carbocycles. The Morgan fingerprint density at radius 1 is 1.31 bits per heavy atom. The highest BCUT2D eigenvalue weighted by molar-refractivity contribution is 9.10. The molecule has 0 heterocycles. The zero-order valence-corrected chi connectivity index (χ0v) is 11.8. The molecule has 2 atom stereocenters. The SMILES string of the molecule is Cc1ccc(Br)cc1C(N)C(CN)C(C)C. The lowest BCUT2D eigenvalue weighted by Gasteiger charge is -2.27. The summed E-state index contributed by atoms with van der Waals surface area (Å²) in [6.07, 6.45) is 0. The highest BCUT2D eigenvalue weighted by Gasteiger charge is 2.22. The van der Waals surface area contributed by atoms with Crippen LogP contribution in [-0.4, -0.2) is 6.54 Å². The Bertz CT molecular complexity index is 350. The number of hydrogen-bond acceptors (Lipinski definition) is 2. The number of nitrogens with two attached hydrogens (primary N) is 2. The van der Waals surface area contributed by atoms with E-state index in [0.29, 0.717) is 18.4 Å². The molecule has 0 aromatic heterocycles. The van der Waals surface area contributed by atoms with E-state index < -0.39 is 0 Å². The quantitative estimate of drug-likeness (QED) is 0.893. The van der Waals surface area contributed by atoms with Crippen LogP contribution in [0.3, 0.4) is 0 Å². The third-order valence-corrected chi connectivity index (χ3v) is 3.68. The molecule has 0 bridgehead atoms. The lowest BCUT2D eigenvalue weighted by Crippen LogP contribution is -2.32. The van der Waals surface area contributed by atoms with Gasteiger partial charge in [-0.3, -0.25) is 0 Å². The third-order valence-electron chi connectivity index (χ3n) is 3.19. The minimum atomic E-state index is 0.0162. The van der Waals surface area contributed by atoms with Crippen LogP contribution in [0.4, 0.5) is 0 Å². The van der Waals surface area contributed by atoms with Gasteiger partial charge in [-0.25, -0.2) is 0 Å². The first-order valence-corrected chi connectivity index (χ1v) is 6.48. The molecule has 0 spiro atoms. The second-order valence-corrected chi connectivity index (χ2v) is 5.59. The maximum Gasteiger partial charge on any atom is 0.0341 e. The summed E-state index contributed by atoms with van der Waals surface area (Å²) >= 11 is 3.49. The average Bonchev–Trinajstić information content (AvgIpc) is 2.22. The van der Waals surface area contributed by atoms with E-state index in [1.54, 1.807) is 0 Å². The van der Waals surface area contributed by atoms with Crippen molar-refractivity contribution in [1.29, 1.82) is 0 Å². The van der Waals surface area contributed by atoms with Gasteiger partial charge in [0.1, 0.15) is 0 Å². The van der Waals surface area contributed by atoms with Crippen molar-refractivity contribution in [3.05, 3.63) is 33.8 Å². The van der Waals surface area contributed by atoms with E-state index in [2.05, 4.69) is 48.8 Å². The minimum absolute atomic E-state index is 0.0162. The van der Waals surface area contributed by atoms with Gasteiger partial charge in [-0.05, 0) is 48.6 Å². The van der Waals surface area contributed by atoms with Crippen molar-refractivity contribution < 1.29 is 0 Å². The van der Waals surface area contributed by atoms with Crippen molar-refractivity contribution in [2.75, 3.05) is 6.54 Å². The van der Waals surface area contributed by atoms with Crippen LogP contribution in [-0.2, 0) is 0 Å². The molecule has 0 aliphatic heterocycles. The zero-order valence-electron chi connectivity index (χ0n) is 10.2. The van der Waals surface area contributed by atoms with Gasteiger partial charge in [-0.15, -0.1) is 0 Å². The summed E-state index contributed by atoms with van der Waals surface area (Å²) in [5.41, 5.74) is 14.6. The molecule has 0 saturated heterocycles. The largest absolute Gasteiger partial charge is 0.330 e. The summed E-state index contributed by atoms with van der Waals surface area (Å²) in [6, 6.07) is 6.25. The Labute approximate surface area is 107 Å². The Morgan fingerprint density at radius 3 is 2.44 bits per heavy atom. The predicted molar refractivity (Wildman–Crippen MR) is 73.2 cm³/mol. The molecule has 0 radical (unpaired) electrons. The molecular weight excluding hydrogens is 264 g/mol. The summed E-state index contributed by atoms with van der Waals surface area (Å²) in [5.74, 6) is 0.825. The van der Waals surface area contributed by atoms with Gasteiger partial charge >= 0.3 is 0 Å². The lowest BCUT2D eigenvalue weighted by atomic mass is 9.84. The zero-order chi connectivity index (χ0) is 12.3. The highest BCUT2D eigenvalue weighted by Crippen LogP contribution is 2.29. The molecule has 0 fully saturated rings. The van der Waals surface area contributed by atoms with Crippen LogP contribution in [0.2, 0.25) is 0 Å². The van der Waals surface area contributed by atoms with Crippen LogP contribution in [0.1, 0.15) is 31.0 Å². The Kier molecular flexibility index (Phi) is 4.96. The fourth-order valence-corrected chi connectivity index (χ4v) is 2.41. The van der Waals surface area contributed by atoms with Crippen LogP contribution in [0.25, 0.3) is 0 Å². The van der Waals surface area contributed by atoms with Gasteiger partial charge < -0.3 is 11.5 Å². The highest BCUT2D eigenvalue weighted by atomic mass is 79.9. The molecule has 0 aliphatic rings. The maximum absolute atomic E-state index is 6.32. The first kappa shape index (κ1) is 13.7. The maximum atomic E-state index is 6.32. The molecule has 16 heavy (non-hydrogen) atoms. The van der Waals surface area contributed by atoms with Crippen LogP contribution < -0.4 is 11.5 Å². The van der Waals surface area contributed by atoms with Crippen LogP contribution in [0.15, 0.2) is 22.7 Å².